The summed E-state index contributed by atoms with van der Waals surface area (Å²) in [6.07, 6.45) is 5.55. The summed E-state index contributed by atoms with van der Waals surface area (Å²) >= 11 is 0. The van der Waals surface area contributed by atoms with Gasteiger partial charge < -0.3 is 11.1 Å². The number of pyridine rings is 1. The Morgan fingerprint density at radius 3 is 3.00 bits per heavy atom. The summed E-state index contributed by atoms with van der Waals surface area (Å²) in [6.45, 7) is 0. The van der Waals surface area contributed by atoms with Crippen molar-refractivity contribution in [3.05, 3.63) is 36.5 Å². The first kappa shape index (κ1) is 13.1. The van der Waals surface area contributed by atoms with Gasteiger partial charge in [0, 0.05) is 23.5 Å². The average Bonchev–Trinajstić information content (AvgIpc) is 2.47. The molecule has 0 saturated heterocycles. The Labute approximate surface area is 118 Å². The normalized spacial score (nSPS) is 22.6. The van der Waals surface area contributed by atoms with E-state index in [9.17, 15) is 4.79 Å². The quantitative estimate of drug-likeness (QED) is 0.880. The van der Waals surface area contributed by atoms with Gasteiger partial charge in [0.2, 0.25) is 5.91 Å². The smallest absolute Gasteiger partial charge is 0.227 e. The summed E-state index contributed by atoms with van der Waals surface area (Å²) in [5, 5.41) is 4.02. The van der Waals surface area contributed by atoms with Gasteiger partial charge in [0.25, 0.3) is 0 Å². The highest BCUT2D eigenvalue weighted by atomic mass is 16.1. The summed E-state index contributed by atoms with van der Waals surface area (Å²) in [7, 11) is 0. The van der Waals surface area contributed by atoms with Crippen molar-refractivity contribution < 1.29 is 4.79 Å². The molecule has 1 fully saturated rings. The minimum atomic E-state index is 0.0330. The molecule has 1 aliphatic carbocycles. The minimum absolute atomic E-state index is 0.0330. The van der Waals surface area contributed by atoms with Crippen LogP contribution < -0.4 is 11.1 Å². The number of nitrogens with two attached hydrogens (primary N) is 1. The van der Waals surface area contributed by atoms with Crippen LogP contribution in [0.2, 0.25) is 0 Å². The molecule has 0 aliphatic heterocycles. The SMILES string of the molecule is NC1CCCC(C(=O)Nc2cccc3ncccc23)C1. The van der Waals surface area contributed by atoms with E-state index in [1.54, 1.807) is 6.20 Å². The highest BCUT2D eigenvalue weighted by Gasteiger charge is 2.25. The number of carbonyl (C=O) groups excluding carboxylic acids is 1. The van der Waals surface area contributed by atoms with Gasteiger partial charge in [0.05, 0.1) is 11.2 Å². The van der Waals surface area contributed by atoms with Crippen molar-refractivity contribution in [1.29, 1.82) is 0 Å². The van der Waals surface area contributed by atoms with Crippen LogP contribution in [0.4, 0.5) is 5.69 Å². The lowest BCUT2D eigenvalue weighted by molar-refractivity contribution is -0.120. The van der Waals surface area contributed by atoms with Gasteiger partial charge in [-0.05, 0) is 43.5 Å². The van der Waals surface area contributed by atoms with Crippen molar-refractivity contribution in [2.45, 2.75) is 31.7 Å². The highest BCUT2D eigenvalue weighted by molar-refractivity contribution is 6.01. The summed E-state index contributed by atoms with van der Waals surface area (Å²) in [5.74, 6) is 0.113. The second kappa shape index (κ2) is 5.59. The fourth-order valence-electron chi connectivity index (χ4n) is 2.91. The number of rotatable bonds is 2. The number of carbonyl (C=O) groups is 1. The monoisotopic (exact) mass is 269 g/mol. The van der Waals surface area contributed by atoms with Gasteiger partial charge in [-0.2, -0.15) is 0 Å². The second-order valence-corrected chi connectivity index (χ2v) is 5.49. The zero-order valence-corrected chi connectivity index (χ0v) is 11.4. The molecule has 1 aromatic carbocycles. The molecule has 1 aromatic heterocycles. The van der Waals surface area contributed by atoms with E-state index in [-0.39, 0.29) is 17.9 Å². The van der Waals surface area contributed by atoms with Crippen molar-refractivity contribution >= 4 is 22.5 Å². The fraction of sp³-hybridized carbons (Fsp3) is 0.375. The van der Waals surface area contributed by atoms with Gasteiger partial charge in [-0.1, -0.05) is 12.5 Å². The number of hydrogen-bond acceptors (Lipinski definition) is 3. The van der Waals surface area contributed by atoms with E-state index < -0.39 is 0 Å². The van der Waals surface area contributed by atoms with Crippen LogP contribution in [-0.2, 0) is 4.79 Å². The van der Waals surface area contributed by atoms with Gasteiger partial charge in [-0.3, -0.25) is 9.78 Å². The van der Waals surface area contributed by atoms with Gasteiger partial charge >= 0.3 is 0 Å². The van der Waals surface area contributed by atoms with E-state index in [1.165, 1.54) is 0 Å². The number of aromatic nitrogens is 1. The predicted octanol–water partition coefficient (Wildman–Crippen LogP) is 2.69. The summed E-state index contributed by atoms with van der Waals surface area (Å²) < 4.78 is 0. The van der Waals surface area contributed by atoms with Crippen LogP contribution >= 0.6 is 0 Å². The number of benzene rings is 1. The molecule has 3 rings (SSSR count). The molecule has 0 spiro atoms. The topological polar surface area (TPSA) is 68.0 Å². The van der Waals surface area contributed by atoms with Crippen LogP contribution in [0.3, 0.4) is 0 Å². The van der Waals surface area contributed by atoms with Crippen molar-refractivity contribution in [3.63, 3.8) is 0 Å². The number of fused-ring (bicyclic) bond motifs is 1. The molecule has 4 heteroatoms. The van der Waals surface area contributed by atoms with E-state index in [2.05, 4.69) is 10.3 Å². The third-order valence-electron chi connectivity index (χ3n) is 3.99. The summed E-state index contributed by atoms with van der Waals surface area (Å²) in [5.41, 5.74) is 7.68. The average molecular weight is 269 g/mol. The van der Waals surface area contributed by atoms with Gasteiger partial charge in [-0.25, -0.2) is 0 Å². The zero-order valence-electron chi connectivity index (χ0n) is 11.4. The first-order chi connectivity index (χ1) is 9.74. The van der Waals surface area contributed by atoms with E-state index in [0.717, 1.165) is 42.3 Å². The van der Waals surface area contributed by atoms with Gasteiger partial charge in [-0.15, -0.1) is 0 Å². The Bertz CT molecular complexity index is 621. The molecule has 1 saturated carbocycles. The van der Waals surface area contributed by atoms with Crippen LogP contribution in [-0.4, -0.2) is 16.9 Å². The third kappa shape index (κ3) is 2.65. The van der Waals surface area contributed by atoms with Crippen LogP contribution in [0.25, 0.3) is 10.9 Å². The van der Waals surface area contributed by atoms with Crippen molar-refractivity contribution in [2.24, 2.45) is 11.7 Å². The molecule has 2 aromatic rings. The van der Waals surface area contributed by atoms with Crippen molar-refractivity contribution in [1.82, 2.24) is 4.98 Å². The molecule has 3 N–H and O–H groups in total. The Balaban J connectivity index is 1.80. The van der Waals surface area contributed by atoms with E-state index in [1.807, 2.05) is 30.3 Å². The van der Waals surface area contributed by atoms with Crippen LogP contribution in [0.5, 0.6) is 0 Å². The molecule has 20 heavy (non-hydrogen) atoms. The molecule has 1 amide bonds. The number of amides is 1. The fourth-order valence-corrected chi connectivity index (χ4v) is 2.91. The summed E-state index contributed by atoms with van der Waals surface area (Å²) in [4.78, 5) is 16.7. The van der Waals surface area contributed by atoms with Crippen LogP contribution in [0.15, 0.2) is 36.5 Å². The Morgan fingerprint density at radius 2 is 2.15 bits per heavy atom. The molecule has 2 atom stereocenters. The van der Waals surface area contributed by atoms with Crippen LogP contribution in [0.1, 0.15) is 25.7 Å². The lowest BCUT2D eigenvalue weighted by Crippen LogP contribution is -2.34. The minimum Gasteiger partial charge on any atom is -0.328 e. The number of hydrogen-bond donors (Lipinski definition) is 2. The maximum atomic E-state index is 12.4. The lowest BCUT2D eigenvalue weighted by atomic mass is 9.85. The maximum absolute atomic E-state index is 12.4. The molecule has 0 radical (unpaired) electrons. The molecule has 4 nitrogen and oxygen atoms in total. The second-order valence-electron chi connectivity index (χ2n) is 5.49. The number of nitrogens with zero attached hydrogens (tertiary/aromatic N) is 1. The standard InChI is InChI=1S/C16H19N3O/c17-12-5-1-4-11(10-12)16(20)19-15-8-2-7-14-13(15)6-3-9-18-14/h2-3,6-9,11-12H,1,4-5,10,17H2,(H,19,20). The maximum Gasteiger partial charge on any atom is 0.227 e. The first-order valence-corrected chi connectivity index (χ1v) is 7.14. The molecule has 2 unspecified atom stereocenters. The highest BCUT2D eigenvalue weighted by Crippen LogP contribution is 2.26. The number of nitrogens with one attached hydrogen (secondary N) is 1. The Hall–Kier alpha value is -1.94. The zero-order chi connectivity index (χ0) is 13.9. The van der Waals surface area contributed by atoms with Crippen molar-refractivity contribution in [2.75, 3.05) is 5.32 Å². The Kier molecular flexibility index (Phi) is 3.65. The van der Waals surface area contributed by atoms with E-state index in [0.29, 0.717) is 0 Å². The van der Waals surface area contributed by atoms with Gasteiger partial charge in [0.1, 0.15) is 0 Å². The molecular formula is C16H19N3O. The predicted molar refractivity (Wildman–Crippen MR) is 80.3 cm³/mol. The van der Waals surface area contributed by atoms with Crippen LogP contribution in [0, 0.1) is 5.92 Å². The largest absolute Gasteiger partial charge is 0.328 e. The third-order valence-corrected chi connectivity index (χ3v) is 3.99. The molecule has 104 valence electrons. The molecule has 1 heterocycles. The molecule has 1 aliphatic rings. The lowest BCUT2D eigenvalue weighted by Gasteiger charge is -2.25. The first-order valence-electron chi connectivity index (χ1n) is 7.14. The Morgan fingerprint density at radius 1 is 1.25 bits per heavy atom. The van der Waals surface area contributed by atoms with Crippen molar-refractivity contribution in [3.8, 4) is 0 Å². The number of anilines is 1. The van der Waals surface area contributed by atoms with E-state index >= 15 is 0 Å². The van der Waals surface area contributed by atoms with E-state index in [4.69, 9.17) is 5.73 Å². The van der Waals surface area contributed by atoms with Gasteiger partial charge in [0.15, 0.2) is 0 Å². The molecule has 0 bridgehead atoms. The summed E-state index contributed by atoms with van der Waals surface area (Å²) in [6, 6.07) is 9.80. The molecular weight excluding hydrogens is 250 g/mol.